The van der Waals surface area contributed by atoms with Gasteiger partial charge in [0.15, 0.2) is 24.0 Å². The van der Waals surface area contributed by atoms with Crippen molar-refractivity contribution in [3.8, 4) is 5.75 Å². The molecule has 1 aromatic carbocycles. The Morgan fingerprint density at radius 2 is 1.81 bits per heavy atom. The maximum absolute atomic E-state index is 13.8. The number of carbonyl (C=O) groups excluding carboxylic acids is 1. The van der Waals surface area contributed by atoms with Crippen molar-refractivity contribution >= 4 is 5.91 Å². The van der Waals surface area contributed by atoms with Gasteiger partial charge in [-0.1, -0.05) is 13.8 Å². The molecule has 0 heterocycles. The van der Waals surface area contributed by atoms with Gasteiger partial charge in [-0.25, -0.2) is 8.78 Å². The number of amides is 1. The van der Waals surface area contributed by atoms with E-state index in [1.54, 1.807) is 7.05 Å². The summed E-state index contributed by atoms with van der Waals surface area (Å²) in [6.07, 6.45) is 1.59. The summed E-state index contributed by atoms with van der Waals surface area (Å²) >= 11 is 0. The van der Waals surface area contributed by atoms with Crippen molar-refractivity contribution in [3.05, 3.63) is 29.3 Å². The van der Waals surface area contributed by atoms with Gasteiger partial charge in [-0.05, 0) is 37.6 Å². The summed E-state index contributed by atoms with van der Waals surface area (Å²) in [6.45, 7) is 3.85. The maximum atomic E-state index is 13.8. The van der Waals surface area contributed by atoms with Crippen molar-refractivity contribution in [2.45, 2.75) is 39.3 Å². The number of hydrogen-bond donors (Lipinski definition) is 2. The van der Waals surface area contributed by atoms with Gasteiger partial charge in [-0.2, -0.15) is 0 Å². The monoisotopic (exact) mass is 300 g/mol. The van der Waals surface area contributed by atoms with Gasteiger partial charge in [0.25, 0.3) is 5.91 Å². The SMILES string of the molecule is CCC(CC)NC(=O)COc1c(F)cc(CNC)cc1F. The second-order valence-electron chi connectivity index (χ2n) is 4.79. The quantitative estimate of drug-likeness (QED) is 0.775. The third-order valence-electron chi connectivity index (χ3n) is 3.14. The molecule has 118 valence electrons. The zero-order chi connectivity index (χ0) is 15.8. The Bertz CT molecular complexity index is 454. The molecule has 0 aliphatic heterocycles. The van der Waals surface area contributed by atoms with E-state index < -0.39 is 24.0 Å². The Balaban J connectivity index is 2.65. The fourth-order valence-corrected chi connectivity index (χ4v) is 1.96. The zero-order valence-corrected chi connectivity index (χ0v) is 12.6. The first kappa shape index (κ1) is 17.4. The highest BCUT2D eigenvalue weighted by molar-refractivity contribution is 5.77. The van der Waals surface area contributed by atoms with Crippen LogP contribution in [0.5, 0.6) is 5.75 Å². The molecule has 0 spiro atoms. The van der Waals surface area contributed by atoms with Crippen molar-refractivity contribution < 1.29 is 18.3 Å². The average Bonchev–Trinajstić information content (AvgIpc) is 2.44. The first-order valence-corrected chi connectivity index (χ1v) is 7.06. The zero-order valence-electron chi connectivity index (χ0n) is 12.6. The van der Waals surface area contributed by atoms with Crippen LogP contribution in [0.15, 0.2) is 12.1 Å². The Morgan fingerprint density at radius 1 is 1.24 bits per heavy atom. The van der Waals surface area contributed by atoms with Gasteiger partial charge in [-0.3, -0.25) is 4.79 Å². The van der Waals surface area contributed by atoms with E-state index in [1.165, 1.54) is 12.1 Å². The van der Waals surface area contributed by atoms with Gasteiger partial charge >= 0.3 is 0 Å². The lowest BCUT2D eigenvalue weighted by Crippen LogP contribution is -2.37. The number of rotatable bonds is 8. The molecule has 21 heavy (non-hydrogen) atoms. The minimum absolute atomic E-state index is 0.0498. The molecular weight excluding hydrogens is 278 g/mol. The number of carbonyl (C=O) groups is 1. The molecule has 0 saturated carbocycles. The lowest BCUT2D eigenvalue weighted by molar-refractivity contribution is -0.123. The second kappa shape index (κ2) is 8.56. The molecule has 1 rings (SSSR count). The first-order valence-electron chi connectivity index (χ1n) is 7.06. The Morgan fingerprint density at radius 3 is 2.29 bits per heavy atom. The minimum atomic E-state index is -0.810. The van der Waals surface area contributed by atoms with Crippen molar-refractivity contribution in [1.29, 1.82) is 0 Å². The standard InChI is InChI=1S/C15H22F2N2O2/c1-4-11(5-2)19-14(20)9-21-15-12(16)6-10(8-18-3)7-13(15)17/h6-7,11,18H,4-5,8-9H2,1-3H3,(H,19,20). The van der Waals surface area contributed by atoms with E-state index in [1.807, 2.05) is 13.8 Å². The van der Waals surface area contributed by atoms with Gasteiger partial charge < -0.3 is 15.4 Å². The third kappa shape index (κ3) is 5.30. The van der Waals surface area contributed by atoms with Crippen LogP contribution < -0.4 is 15.4 Å². The molecule has 2 N–H and O–H groups in total. The van der Waals surface area contributed by atoms with E-state index in [0.717, 1.165) is 12.8 Å². The van der Waals surface area contributed by atoms with Crippen LogP contribution >= 0.6 is 0 Å². The molecule has 0 aromatic heterocycles. The Hall–Kier alpha value is -1.69. The van der Waals surface area contributed by atoms with Crippen LogP contribution in [0.25, 0.3) is 0 Å². The van der Waals surface area contributed by atoms with E-state index in [9.17, 15) is 13.6 Å². The summed E-state index contributed by atoms with van der Waals surface area (Å²) in [5.41, 5.74) is 0.473. The van der Waals surface area contributed by atoms with Crippen molar-refractivity contribution in [3.63, 3.8) is 0 Å². The van der Waals surface area contributed by atoms with Crippen LogP contribution in [-0.4, -0.2) is 25.6 Å². The van der Waals surface area contributed by atoms with Crippen LogP contribution in [0, 0.1) is 11.6 Å². The predicted octanol–water partition coefficient (Wildman–Crippen LogP) is 2.37. The smallest absolute Gasteiger partial charge is 0.258 e. The van der Waals surface area contributed by atoms with E-state index >= 15 is 0 Å². The van der Waals surface area contributed by atoms with Crippen LogP contribution in [-0.2, 0) is 11.3 Å². The summed E-state index contributed by atoms with van der Waals surface area (Å²) in [5.74, 6) is -2.53. The second-order valence-corrected chi connectivity index (χ2v) is 4.79. The van der Waals surface area contributed by atoms with Crippen LogP contribution in [0.1, 0.15) is 32.3 Å². The highest BCUT2D eigenvalue weighted by Gasteiger charge is 2.15. The molecule has 0 unspecified atom stereocenters. The molecule has 6 heteroatoms. The number of ether oxygens (including phenoxy) is 1. The molecule has 0 aliphatic rings. The van der Waals surface area contributed by atoms with Crippen molar-refractivity contribution in [1.82, 2.24) is 10.6 Å². The van der Waals surface area contributed by atoms with E-state index in [0.29, 0.717) is 12.1 Å². The number of hydrogen-bond acceptors (Lipinski definition) is 3. The Labute approximate surface area is 123 Å². The molecular formula is C15H22F2N2O2. The normalized spacial score (nSPS) is 10.8. The summed E-state index contributed by atoms with van der Waals surface area (Å²) in [4.78, 5) is 11.6. The number of halogens is 2. The molecule has 0 radical (unpaired) electrons. The molecule has 0 saturated heterocycles. The van der Waals surface area contributed by atoms with Crippen LogP contribution in [0.3, 0.4) is 0 Å². The highest BCUT2D eigenvalue weighted by atomic mass is 19.1. The number of benzene rings is 1. The summed E-state index contributed by atoms with van der Waals surface area (Å²) < 4.78 is 32.5. The molecule has 1 aromatic rings. The largest absolute Gasteiger partial charge is 0.478 e. The molecule has 0 fully saturated rings. The average molecular weight is 300 g/mol. The Kier molecular flexibility index (Phi) is 7.08. The van der Waals surface area contributed by atoms with Crippen molar-refractivity contribution in [2.75, 3.05) is 13.7 Å². The fourth-order valence-electron chi connectivity index (χ4n) is 1.96. The minimum Gasteiger partial charge on any atom is -0.478 e. The van der Waals surface area contributed by atoms with Gasteiger partial charge in [0.2, 0.25) is 0 Å². The number of nitrogens with one attached hydrogen (secondary N) is 2. The fraction of sp³-hybridized carbons (Fsp3) is 0.533. The third-order valence-corrected chi connectivity index (χ3v) is 3.14. The molecule has 4 nitrogen and oxygen atoms in total. The van der Waals surface area contributed by atoms with Gasteiger partial charge in [0.1, 0.15) is 0 Å². The molecule has 1 amide bonds. The van der Waals surface area contributed by atoms with Crippen LogP contribution in [0.2, 0.25) is 0 Å². The summed E-state index contributed by atoms with van der Waals surface area (Å²) in [6, 6.07) is 2.43. The van der Waals surface area contributed by atoms with E-state index in [2.05, 4.69) is 10.6 Å². The topological polar surface area (TPSA) is 50.4 Å². The van der Waals surface area contributed by atoms with E-state index in [4.69, 9.17) is 4.74 Å². The van der Waals surface area contributed by atoms with Gasteiger partial charge in [-0.15, -0.1) is 0 Å². The van der Waals surface area contributed by atoms with Gasteiger partial charge in [0, 0.05) is 12.6 Å². The lowest BCUT2D eigenvalue weighted by Gasteiger charge is -2.15. The summed E-state index contributed by atoms with van der Waals surface area (Å²) in [5, 5.41) is 5.54. The van der Waals surface area contributed by atoms with Gasteiger partial charge in [0.05, 0.1) is 0 Å². The predicted molar refractivity (Wildman–Crippen MR) is 77.1 cm³/mol. The first-order chi connectivity index (χ1) is 10.0. The summed E-state index contributed by atoms with van der Waals surface area (Å²) in [7, 11) is 1.68. The van der Waals surface area contributed by atoms with E-state index in [-0.39, 0.29) is 11.9 Å². The molecule has 0 atom stereocenters. The van der Waals surface area contributed by atoms with Crippen molar-refractivity contribution in [2.24, 2.45) is 0 Å². The maximum Gasteiger partial charge on any atom is 0.258 e. The highest BCUT2D eigenvalue weighted by Crippen LogP contribution is 2.23. The molecule has 0 aliphatic carbocycles. The lowest BCUT2D eigenvalue weighted by atomic mass is 10.2. The van der Waals surface area contributed by atoms with Crippen LogP contribution in [0.4, 0.5) is 8.78 Å². The molecule has 0 bridgehead atoms.